The number of carbonyl (C=O) groups excluding carboxylic acids is 2. The van der Waals surface area contributed by atoms with Crippen molar-refractivity contribution in [1.29, 1.82) is 0 Å². The maximum atomic E-state index is 12.5. The second kappa shape index (κ2) is 10.9. The Balaban J connectivity index is 1.54. The summed E-state index contributed by atoms with van der Waals surface area (Å²) in [6.07, 6.45) is 0. The third-order valence-electron chi connectivity index (χ3n) is 4.28. The van der Waals surface area contributed by atoms with Crippen LogP contribution in [0.25, 0.3) is 0 Å². The van der Waals surface area contributed by atoms with Crippen LogP contribution in [0.5, 0.6) is 11.5 Å². The van der Waals surface area contributed by atoms with Crippen molar-refractivity contribution < 1.29 is 19.1 Å². The average molecular weight is 501 g/mol. The number of hydrogen-bond donors (Lipinski definition) is 2. The lowest BCUT2D eigenvalue weighted by atomic mass is 10.2. The third kappa shape index (κ3) is 6.26. The molecule has 0 spiro atoms. The molecule has 3 rings (SSSR count). The Labute approximate surface area is 193 Å². The lowest BCUT2D eigenvalue weighted by Crippen LogP contribution is -2.14. The molecule has 0 unspecified atom stereocenters. The predicted octanol–water partition coefficient (Wildman–Crippen LogP) is 5.45. The summed E-state index contributed by atoms with van der Waals surface area (Å²) in [5.74, 6) is 0.974. The molecule has 0 aliphatic carbocycles. The van der Waals surface area contributed by atoms with Crippen LogP contribution >= 0.6 is 27.7 Å². The first-order valence-corrected chi connectivity index (χ1v) is 11.1. The number of anilines is 2. The van der Waals surface area contributed by atoms with E-state index in [-0.39, 0.29) is 17.6 Å². The minimum atomic E-state index is -0.255. The van der Waals surface area contributed by atoms with Crippen LogP contribution in [0.2, 0.25) is 0 Å². The Morgan fingerprint density at radius 3 is 2.29 bits per heavy atom. The fourth-order valence-corrected chi connectivity index (χ4v) is 3.80. The molecule has 2 N–H and O–H groups in total. The molecule has 0 atom stereocenters. The number of methoxy groups -OCH3 is 2. The maximum Gasteiger partial charge on any atom is 0.255 e. The van der Waals surface area contributed by atoms with E-state index in [0.29, 0.717) is 22.7 Å². The van der Waals surface area contributed by atoms with Crippen molar-refractivity contribution in [2.45, 2.75) is 4.90 Å². The van der Waals surface area contributed by atoms with Crippen LogP contribution in [0.15, 0.2) is 76.1 Å². The summed E-state index contributed by atoms with van der Waals surface area (Å²) in [7, 11) is 3.07. The molecule has 0 fully saturated rings. The Kier molecular flexibility index (Phi) is 7.97. The topological polar surface area (TPSA) is 76.7 Å². The lowest BCUT2D eigenvalue weighted by Gasteiger charge is -2.10. The average Bonchev–Trinajstić information content (AvgIpc) is 2.79. The Hall–Kier alpha value is -2.97. The maximum absolute atomic E-state index is 12.5. The van der Waals surface area contributed by atoms with Crippen molar-refractivity contribution >= 4 is 50.9 Å². The van der Waals surface area contributed by atoms with E-state index >= 15 is 0 Å². The summed E-state index contributed by atoms with van der Waals surface area (Å²) in [6.45, 7) is 0. The number of thioether (sulfide) groups is 1. The second-order valence-corrected chi connectivity index (χ2v) is 8.27. The largest absolute Gasteiger partial charge is 0.493 e. The normalized spacial score (nSPS) is 10.3. The van der Waals surface area contributed by atoms with Gasteiger partial charge < -0.3 is 20.1 Å². The zero-order valence-corrected chi connectivity index (χ0v) is 19.4. The molecule has 0 aromatic heterocycles. The van der Waals surface area contributed by atoms with Gasteiger partial charge in [0.15, 0.2) is 11.5 Å². The van der Waals surface area contributed by atoms with Gasteiger partial charge in [-0.1, -0.05) is 12.1 Å². The number of amides is 2. The molecule has 31 heavy (non-hydrogen) atoms. The summed E-state index contributed by atoms with van der Waals surface area (Å²) in [5, 5.41) is 5.72. The van der Waals surface area contributed by atoms with Crippen molar-refractivity contribution in [2.75, 3.05) is 30.6 Å². The lowest BCUT2D eigenvalue weighted by molar-refractivity contribution is -0.113. The van der Waals surface area contributed by atoms with Gasteiger partial charge in [0, 0.05) is 20.6 Å². The highest BCUT2D eigenvalue weighted by Crippen LogP contribution is 2.28. The van der Waals surface area contributed by atoms with Gasteiger partial charge in [0.1, 0.15) is 0 Å². The molecule has 0 saturated carbocycles. The molecule has 3 aromatic carbocycles. The molecule has 6 nitrogen and oxygen atoms in total. The van der Waals surface area contributed by atoms with Crippen LogP contribution in [0, 0.1) is 0 Å². The van der Waals surface area contributed by atoms with Gasteiger partial charge in [0.05, 0.1) is 25.7 Å². The molecule has 0 saturated heterocycles. The minimum absolute atomic E-state index is 0.0947. The number of para-hydroxylation sites is 1. The molecule has 0 aliphatic heterocycles. The summed E-state index contributed by atoms with van der Waals surface area (Å²) in [5.41, 5.74) is 1.85. The Morgan fingerprint density at radius 2 is 1.61 bits per heavy atom. The molecule has 3 aromatic rings. The number of halogens is 1. The highest BCUT2D eigenvalue weighted by Gasteiger charge is 2.11. The third-order valence-corrected chi connectivity index (χ3v) is 5.98. The monoisotopic (exact) mass is 500 g/mol. The van der Waals surface area contributed by atoms with E-state index in [0.717, 1.165) is 15.1 Å². The summed E-state index contributed by atoms with van der Waals surface area (Å²) >= 11 is 4.83. The van der Waals surface area contributed by atoms with Gasteiger partial charge in [-0.3, -0.25) is 9.59 Å². The van der Waals surface area contributed by atoms with Crippen molar-refractivity contribution in [2.24, 2.45) is 0 Å². The molecule has 0 bridgehead atoms. The van der Waals surface area contributed by atoms with Crippen molar-refractivity contribution in [3.63, 3.8) is 0 Å². The number of benzene rings is 3. The Bertz CT molecular complexity index is 1070. The number of hydrogen-bond acceptors (Lipinski definition) is 5. The van der Waals surface area contributed by atoms with E-state index in [4.69, 9.17) is 9.47 Å². The number of carbonyl (C=O) groups is 2. The Morgan fingerprint density at radius 1 is 0.903 bits per heavy atom. The van der Waals surface area contributed by atoms with Gasteiger partial charge in [0.2, 0.25) is 5.91 Å². The number of nitrogens with one attached hydrogen (secondary N) is 2. The molecule has 8 heteroatoms. The molecule has 0 aliphatic rings. The zero-order chi connectivity index (χ0) is 22.2. The van der Waals surface area contributed by atoms with Crippen LogP contribution in [-0.4, -0.2) is 31.8 Å². The summed E-state index contributed by atoms with van der Waals surface area (Å²) in [4.78, 5) is 25.6. The quantitative estimate of drug-likeness (QED) is 0.402. The second-order valence-electron chi connectivity index (χ2n) is 6.36. The van der Waals surface area contributed by atoms with Gasteiger partial charge in [-0.15, -0.1) is 11.8 Å². The molecule has 160 valence electrons. The fraction of sp³-hybridized carbons (Fsp3) is 0.130. The van der Waals surface area contributed by atoms with Crippen molar-refractivity contribution in [3.8, 4) is 11.5 Å². The molecular weight excluding hydrogens is 480 g/mol. The van der Waals surface area contributed by atoms with Gasteiger partial charge in [-0.2, -0.15) is 0 Å². The first-order chi connectivity index (χ1) is 15.0. The van der Waals surface area contributed by atoms with Crippen LogP contribution < -0.4 is 20.1 Å². The summed E-state index contributed by atoms with van der Waals surface area (Å²) in [6, 6.07) is 19.8. The SMILES string of the molecule is COc1ccc(C(=O)Nc2ccc(SCC(=O)Nc3ccccc3Br)cc2)cc1OC. The van der Waals surface area contributed by atoms with Gasteiger partial charge >= 0.3 is 0 Å². The first-order valence-electron chi connectivity index (χ1n) is 9.31. The summed E-state index contributed by atoms with van der Waals surface area (Å²) < 4.78 is 11.3. The van der Waals surface area contributed by atoms with E-state index in [9.17, 15) is 9.59 Å². The highest BCUT2D eigenvalue weighted by molar-refractivity contribution is 9.10. The molecule has 2 amide bonds. The standard InChI is InChI=1S/C23H21BrN2O4S/c1-29-20-12-7-15(13-21(20)30-2)23(28)25-16-8-10-17(11-9-16)31-14-22(27)26-19-6-4-3-5-18(19)24/h3-13H,14H2,1-2H3,(H,25,28)(H,26,27). The van der Waals surface area contributed by atoms with Crippen LogP contribution in [0.3, 0.4) is 0 Å². The van der Waals surface area contributed by atoms with E-state index in [1.165, 1.54) is 18.9 Å². The van der Waals surface area contributed by atoms with E-state index in [1.54, 1.807) is 37.4 Å². The number of ether oxygens (including phenoxy) is 2. The van der Waals surface area contributed by atoms with Crippen molar-refractivity contribution in [1.82, 2.24) is 0 Å². The van der Waals surface area contributed by atoms with E-state index in [2.05, 4.69) is 26.6 Å². The molecule has 0 radical (unpaired) electrons. The van der Waals surface area contributed by atoms with Crippen LogP contribution in [0.1, 0.15) is 10.4 Å². The van der Waals surface area contributed by atoms with E-state index < -0.39 is 0 Å². The molecule has 0 heterocycles. The molecular formula is C23H21BrN2O4S. The number of rotatable bonds is 8. The highest BCUT2D eigenvalue weighted by atomic mass is 79.9. The van der Waals surface area contributed by atoms with Crippen molar-refractivity contribution in [3.05, 3.63) is 76.8 Å². The first kappa shape index (κ1) is 22.7. The van der Waals surface area contributed by atoms with Gasteiger partial charge in [0.25, 0.3) is 5.91 Å². The van der Waals surface area contributed by atoms with Crippen LogP contribution in [0.4, 0.5) is 11.4 Å². The predicted molar refractivity (Wildman–Crippen MR) is 127 cm³/mol. The van der Waals surface area contributed by atoms with Gasteiger partial charge in [-0.25, -0.2) is 0 Å². The fourth-order valence-electron chi connectivity index (χ4n) is 2.71. The van der Waals surface area contributed by atoms with Gasteiger partial charge in [-0.05, 0) is 70.5 Å². The van der Waals surface area contributed by atoms with Crippen LogP contribution in [-0.2, 0) is 4.79 Å². The zero-order valence-electron chi connectivity index (χ0n) is 17.0. The smallest absolute Gasteiger partial charge is 0.255 e. The minimum Gasteiger partial charge on any atom is -0.493 e. The van der Waals surface area contributed by atoms with E-state index in [1.807, 2.05) is 36.4 Å².